The quantitative estimate of drug-likeness (QED) is 0.219. The van der Waals surface area contributed by atoms with Crippen molar-refractivity contribution in [2.75, 3.05) is 27.4 Å². The standard InChI is InChI=1S/C23H32F4O2/c1-14(11-12-28-7)9-10-15(2)17(4)21(25)23(27)19(6)18(5)22(26)20(24)16(3)13-29-8/h14-15H,3-6,9-13H2,1-2,7-8H3/b22-20-,23-21-. The summed E-state index contributed by atoms with van der Waals surface area (Å²) in [7, 11) is 2.91. The van der Waals surface area contributed by atoms with Gasteiger partial charge in [-0.3, -0.25) is 0 Å². The van der Waals surface area contributed by atoms with Crippen LogP contribution in [0.15, 0.2) is 71.9 Å². The molecule has 0 aliphatic heterocycles. The average molecular weight is 416 g/mol. The molecule has 0 saturated heterocycles. The predicted octanol–water partition coefficient (Wildman–Crippen LogP) is 7.25. The molecule has 6 heteroatoms. The molecule has 0 aromatic carbocycles. The Morgan fingerprint density at radius 1 is 0.724 bits per heavy atom. The summed E-state index contributed by atoms with van der Waals surface area (Å²) in [5, 5.41) is 0. The Labute approximate surface area is 172 Å². The third-order valence-corrected chi connectivity index (χ3v) is 4.69. The van der Waals surface area contributed by atoms with Gasteiger partial charge in [0.25, 0.3) is 0 Å². The number of halogens is 4. The van der Waals surface area contributed by atoms with Crippen LogP contribution in [0.25, 0.3) is 0 Å². The van der Waals surface area contributed by atoms with Crippen LogP contribution in [0.3, 0.4) is 0 Å². The molecule has 164 valence electrons. The van der Waals surface area contributed by atoms with Crippen LogP contribution in [0, 0.1) is 11.8 Å². The Hall–Kier alpha value is -1.92. The van der Waals surface area contributed by atoms with Crippen molar-refractivity contribution in [2.24, 2.45) is 11.8 Å². The summed E-state index contributed by atoms with van der Waals surface area (Å²) in [5.74, 6) is -5.45. The molecule has 2 unspecified atom stereocenters. The lowest BCUT2D eigenvalue weighted by Crippen LogP contribution is -2.06. The van der Waals surface area contributed by atoms with Crippen LogP contribution >= 0.6 is 0 Å². The van der Waals surface area contributed by atoms with E-state index in [2.05, 4.69) is 31.1 Å². The van der Waals surface area contributed by atoms with Gasteiger partial charge in [-0.25, -0.2) is 17.6 Å². The highest BCUT2D eigenvalue weighted by Crippen LogP contribution is 2.35. The number of allylic oxidation sites excluding steroid dienone is 6. The number of hydrogen-bond acceptors (Lipinski definition) is 2. The maximum Gasteiger partial charge on any atom is 0.166 e. The lowest BCUT2D eigenvalue weighted by atomic mass is 9.90. The van der Waals surface area contributed by atoms with Crippen LogP contribution in [0.4, 0.5) is 17.6 Å². The zero-order chi connectivity index (χ0) is 22.7. The van der Waals surface area contributed by atoms with E-state index in [0.717, 1.165) is 12.8 Å². The zero-order valence-corrected chi connectivity index (χ0v) is 17.8. The summed E-state index contributed by atoms with van der Waals surface area (Å²) in [6.07, 6.45) is 2.25. The van der Waals surface area contributed by atoms with Gasteiger partial charge in [-0.05, 0) is 30.3 Å². The summed E-state index contributed by atoms with van der Waals surface area (Å²) in [5.41, 5.74) is -1.75. The van der Waals surface area contributed by atoms with Crippen LogP contribution in [0.2, 0.25) is 0 Å². The minimum atomic E-state index is -1.47. The second-order valence-corrected chi connectivity index (χ2v) is 7.14. The Kier molecular flexibility index (Phi) is 12.4. The maximum atomic E-state index is 14.5. The first kappa shape index (κ1) is 27.1. The van der Waals surface area contributed by atoms with E-state index < -0.39 is 34.5 Å². The van der Waals surface area contributed by atoms with E-state index in [1.807, 2.05) is 6.92 Å². The normalized spacial score (nSPS) is 15.2. The molecule has 0 aliphatic carbocycles. The molecule has 0 saturated carbocycles. The first-order valence-electron chi connectivity index (χ1n) is 9.34. The molecular weight excluding hydrogens is 384 g/mol. The second kappa shape index (κ2) is 13.3. The molecule has 2 nitrogen and oxygen atoms in total. The van der Waals surface area contributed by atoms with E-state index in [9.17, 15) is 17.6 Å². The van der Waals surface area contributed by atoms with Crippen molar-refractivity contribution in [1.29, 1.82) is 0 Å². The highest BCUT2D eigenvalue weighted by Gasteiger charge is 2.23. The largest absolute Gasteiger partial charge is 0.385 e. The van der Waals surface area contributed by atoms with Gasteiger partial charge in [0, 0.05) is 37.5 Å². The third kappa shape index (κ3) is 8.54. The molecule has 0 heterocycles. The van der Waals surface area contributed by atoms with Crippen LogP contribution in [0.1, 0.15) is 33.1 Å². The fraction of sp³-hybridized carbons (Fsp3) is 0.478. The molecule has 0 aromatic heterocycles. The third-order valence-electron chi connectivity index (χ3n) is 4.69. The van der Waals surface area contributed by atoms with Crippen LogP contribution in [-0.2, 0) is 9.47 Å². The molecule has 0 rings (SSSR count). The molecule has 0 bridgehead atoms. The van der Waals surface area contributed by atoms with Crippen molar-refractivity contribution < 1.29 is 27.0 Å². The molecule has 0 radical (unpaired) electrons. The van der Waals surface area contributed by atoms with Gasteiger partial charge in [0.05, 0.1) is 6.61 Å². The predicted molar refractivity (Wildman–Crippen MR) is 111 cm³/mol. The molecule has 29 heavy (non-hydrogen) atoms. The van der Waals surface area contributed by atoms with Crippen molar-refractivity contribution >= 4 is 0 Å². The number of methoxy groups -OCH3 is 2. The summed E-state index contributed by atoms with van der Waals surface area (Å²) in [6.45, 7) is 17.7. The minimum Gasteiger partial charge on any atom is -0.385 e. The summed E-state index contributed by atoms with van der Waals surface area (Å²) in [4.78, 5) is 0. The smallest absolute Gasteiger partial charge is 0.166 e. The average Bonchev–Trinajstić information content (AvgIpc) is 2.71. The topological polar surface area (TPSA) is 18.5 Å². The molecule has 0 amide bonds. The van der Waals surface area contributed by atoms with Crippen molar-refractivity contribution in [2.45, 2.75) is 33.1 Å². The number of rotatable bonds is 14. The van der Waals surface area contributed by atoms with Gasteiger partial charge in [-0.1, -0.05) is 46.6 Å². The Morgan fingerprint density at radius 2 is 1.24 bits per heavy atom. The fourth-order valence-electron chi connectivity index (χ4n) is 2.45. The van der Waals surface area contributed by atoms with Gasteiger partial charge in [-0.15, -0.1) is 0 Å². The van der Waals surface area contributed by atoms with E-state index >= 15 is 0 Å². The molecule has 2 atom stereocenters. The Balaban J connectivity index is 5.24. The zero-order valence-electron chi connectivity index (χ0n) is 17.8. The van der Waals surface area contributed by atoms with E-state index in [-0.39, 0.29) is 23.7 Å². The van der Waals surface area contributed by atoms with Crippen LogP contribution in [-0.4, -0.2) is 27.4 Å². The lowest BCUT2D eigenvalue weighted by molar-refractivity contribution is 0.177. The van der Waals surface area contributed by atoms with Crippen molar-refractivity contribution in [3.63, 3.8) is 0 Å². The van der Waals surface area contributed by atoms with Crippen molar-refractivity contribution in [3.05, 3.63) is 71.9 Å². The molecule has 0 spiro atoms. The van der Waals surface area contributed by atoms with Gasteiger partial charge in [0.2, 0.25) is 0 Å². The van der Waals surface area contributed by atoms with Gasteiger partial charge >= 0.3 is 0 Å². The Morgan fingerprint density at radius 3 is 1.72 bits per heavy atom. The van der Waals surface area contributed by atoms with E-state index in [0.29, 0.717) is 18.9 Å². The highest BCUT2D eigenvalue weighted by atomic mass is 19.2. The van der Waals surface area contributed by atoms with Gasteiger partial charge < -0.3 is 9.47 Å². The summed E-state index contributed by atoms with van der Waals surface area (Å²) < 4.78 is 66.9. The molecule has 0 N–H and O–H groups in total. The number of ether oxygens (including phenoxy) is 2. The van der Waals surface area contributed by atoms with E-state index in [4.69, 9.17) is 4.74 Å². The van der Waals surface area contributed by atoms with E-state index in [1.54, 1.807) is 14.0 Å². The summed E-state index contributed by atoms with van der Waals surface area (Å²) in [6, 6.07) is 0. The van der Waals surface area contributed by atoms with Crippen LogP contribution in [0.5, 0.6) is 0 Å². The highest BCUT2D eigenvalue weighted by molar-refractivity contribution is 5.53. The van der Waals surface area contributed by atoms with Gasteiger partial charge in [0.1, 0.15) is 0 Å². The first-order valence-corrected chi connectivity index (χ1v) is 9.34. The minimum absolute atomic E-state index is 0.0657. The molecule has 0 fully saturated rings. The Bertz CT molecular complexity index is 689. The molecule has 0 aliphatic rings. The monoisotopic (exact) mass is 416 g/mol. The van der Waals surface area contributed by atoms with Gasteiger partial charge in [-0.2, -0.15) is 0 Å². The lowest BCUT2D eigenvalue weighted by Gasteiger charge is -2.17. The van der Waals surface area contributed by atoms with Crippen molar-refractivity contribution in [3.8, 4) is 0 Å². The SMILES string of the molecule is C=C(COC)/C(F)=C(/F)C(=C)C(=C)/C(F)=C(/F)C(=C)C(C)CCC(C)CCOC. The fourth-order valence-corrected chi connectivity index (χ4v) is 2.45. The first-order chi connectivity index (χ1) is 13.5. The number of hydrogen-bond donors (Lipinski definition) is 0. The van der Waals surface area contributed by atoms with Crippen molar-refractivity contribution in [1.82, 2.24) is 0 Å². The van der Waals surface area contributed by atoms with Crippen LogP contribution < -0.4 is 0 Å². The second-order valence-electron chi connectivity index (χ2n) is 7.14. The molecule has 0 aromatic rings. The maximum absolute atomic E-state index is 14.5. The van der Waals surface area contributed by atoms with Gasteiger partial charge in [0.15, 0.2) is 23.3 Å². The summed E-state index contributed by atoms with van der Waals surface area (Å²) >= 11 is 0. The van der Waals surface area contributed by atoms with E-state index in [1.165, 1.54) is 7.11 Å². The molecular formula is C23H32F4O2.